The summed E-state index contributed by atoms with van der Waals surface area (Å²) in [6.45, 7) is 2.96. The molecule has 0 heterocycles. The maximum absolute atomic E-state index is 5.55. The summed E-state index contributed by atoms with van der Waals surface area (Å²) in [5.74, 6) is 0. The van der Waals surface area contributed by atoms with Gasteiger partial charge in [-0.2, -0.15) is 0 Å². The van der Waals surface area contributed by atoms with Gasteiger partial charge in [-0.15, -0.1) is 0 Å². The molecule has 0 aromatic heterocycles. The molecule has 0 aliphatic heterocycles. The van der Waals surface area contributed by atoms with Crippen molar-refractivity contribution in [2.24, 2.45) is 0 Å². The summed E-state index contributed by atoms with van der Waals surface area (Å²) in [5, 5.41) is 3.47. The summed E-state index contributed by atoms with van der Waals surface area (Å²) in [4.78, 5) is 0. The second-order valence-electron chi connectivity index (χ2n) is 3.32. The summed E-state index contributed by atoms with van der Waals surface area (Å²) in [6.07, 6.45) is 8.13. The van der Waals surface area contributed by atoms with Gasteiger partial charge in [-0.25, -0.2) is 0 Å². The van der Waals surface area contributed by atoms with Crippen LogP contribution in [0.4, 0.5) is 0 Å². The van der Waals surface area contributed by atoms with Crippen molar-refractivity contribution < 1.29 is 0 Å². The van der Waals surface area contributed by atoms with Crippen LogP contribution >= 0.6 is 11.6 Å². The average molecular weight is 186 g/mol. The van der Waals surface area contributed by atoms with E-state index in [1.165, 1.54) is 18.4 Å². The van der Waals surface area contributed by atoms with Gasteiger partial charge in [0.25, 0.3) is 0 Å². The van der Waals surface area contributed by atoms with Gasteiger partial charge in [0, 0.05) is 18.1 Å². The first kappa shape index (κ1) is 9.82. The molecule has 0 aromatic carbocycles. The van der Waals surface area contributed by atoms with Crippen molar-refractivity contribution in [3.63, 3.8) is 0 Å². The molecule has 0 amide bonds. The van der Waals surface area contributed by atoms with Crippen LogP contribution in [-0.4, -0.2) is 12.6 Å². The fraction of sp³-hybridized carbons (Fsp3) is 0.600. The van der Waals surface area contributed by atoms with Crippen molar-refractivity contribution in [3.8, 4) is 0 Å². The molecule has 0 saturated heterocycles. The van der Waals surface area contributed by atoms with Crippen molar-refractivity contribution in [1.29, 1.82) is 0 Å². The van der Waals surface area contributed by atoms with Gasteiger partial charge in [0.15, 0.2) is 0 Å². The summed E-state index contributed by atoms with van der Waals surface area (Å²) < 4.78 is 0. The largest absolute Gasteiger partial charge is 0.310 e. The Morgan fingerprint density at radius 1 is 1.67 bits per heavy atom. The number of rotatable bonds is 3. The number of hydrogen-bond acceptors (Lipinski definition) is 1. The predicted molar refractivity (Wildman–Crippen MR) is 54.4 cm³/mol. The molecule has 1 aliphatic carbocycles. The minimum absolute atomic E-state index is 0.654. The summed E-state index contributed by atoms with van der Waals surface area (Å²) in [5.41, 5.74) is 2.84. The minimum Gasteiger partial charge on any atom is -0.310 e. The van der Waals surface area contributed by atoms with Crippen LogP contribution in [0.25, 0.3) is 0 Å². The number of halogens is 1. The Morgan fingerprint density at radius 3 is 3.08 bits per heavy atom. The molecule has 0 fully saturated rings. The normalized spacial score (nSPS) is 24.5. The zero-order valence-electron chi connectivity index (χ0n) is 7.52. The van der Waals surface area contributed by atoms with Crippen LogP contribution < -0.4 is 5.32 Å². The highest BCUT2D eigenvalue weighted by Gasteiger charge is 2.07. The van der Waals surface area contributed by atoms with E-state index in [0.717, 1.165) is 13.0 Å². The van der Waals surface area contributed by atoms with E-state index in [-0.39, 0.29) is 0 Å². The Balaban J connectivity index is 2.18. The van der Waals surface area contributed by atoms with Crippen LogP contribution in [-0.2, 0) is 0 Å². The van der Waals surface area contributed by atoms with Gasteiger partial charge >= 0.3 is 0 Å². The zero-order chi connectivity index (χ0) is 8.81. The molecular weight excluding hydrogens is 170 g/mol. The molecule has 1 aliphatic rings. The average Bonchev–Trinajstić information content (AvgIpc) is 2.16. The van der Waals surface area contributed by atoms with Crippen molar-refractivity contribution in [3.05, 3.63) is 23.3 Å². The van der Waals surface area contributed by atoms with Gasteiger partial charge in [0.05, 0.1) is 0 Å². The number of allylic oxidation sites excluding steroid dienone is 1. The number of nitrogens with one attached hydrogen (secondary N) is 1. The van der Waals surface area contributed by atoms with Crippen molar-refractivity contribution in [1.82, 2.24) is 5.32 Å². The summed E-state index contributed by atoms with van der Waals surface area (Å²) in [7, 11) is 0. The standard InChI is InChI=1S/C10H16ClN/c1-9(7-11)8-12-10-5-3-2-4-6-10/h2-3,7,10,12H,4-6,8H2,1H3/b9-7-. The first-order valence-electron chi connectivity index (χ1n) is 4.47. The first-order chi connectivity index (χ1) is 5.83. The molecule has 0 bridgehead atoms. The molecule has 68 valence electrons. The lowest BCUT2D eigenvalue weighted by Crippen LogP contribution is -2.30. The molecule has 0 radical (unpaired) electrons. The van der Waals surface area contributed by atoms with Crippen molar-refractivity contribution in [2.75, 3.05) is 6.54 Å². The Morgan fingerprint density at radius 2 is 2.50 bits per heavy atom. The Hall–Kier alpha value is -0.270. The van der Waals surface area contributed by atoms with E-state index >= 15 is 0 Å². The Bertz CT molecular complexity index is 184. The molecule has 1 rings (SSSR count). The zero-order valence-corrected chi connectivity index (χ0v) is 8.27. The Labute approximate surface area is 79.5 Å². The molecule has 12 heavy (non-hydrogen) atoms. The molecule has 0 saturated carbocycles. The van der Waals surface area contributed by atoms with E-state index < -0.39 is 0 Å². The highest BCUT2D eigenvalue weighted by Crippen LogP contribution is 2.10. The highest BCUT2D eigenvalue weighted by molar-refractivity contribution is 6.25. The first-order valence-corrected chi connectivity index (χ1v) is 4.91. The van der Waals surface area contributed by atoms with Crippen LogP contribution in [0.2, 0.25) is 0 Å². The molecule has 1 N–H and O–H groups in total. The lowest BCUT2D eigenvalue weighted by Gasteiger charge is -2.19. The van der Waals surface area contributed by atoms with Crippen LogP contribution in [0.5, 0.6) is 0 Å². The monoisotopic (exact) mass is 185 g/mol. The second-order valence-corrected chi connectivity index (χ2v) is 3.54. The molecule has 1 nitrogen and oxygen atoms in total. The molecule has 1 unspecified atom stereocenters. The smallest absolute Gasteiger partial charge is 0.0176 e. The SMILES string of the molecule is C/C(=C/Cl)CNC1CC=CCC1. The molecule has 2 heteroatoms. The van der Waals surface area contributed by atoms with Gasteiger partial charge in [0.2, 0.25) is 0 Å². The third kappa shape index (κ3) is 3.42. The maximum atomic E-state index is 5.55. The van der Waals surface area contributed by atoms with Crippen LogP contribution in [0.15, 0.2) is 23.3 Å². The van der Waals surface area contributed by atoms with Crippen LogP contribution in [0, 0.1) is 0 Å². The molecule has 0 aromatic rings. The second kappa shape index (κ2) is 5.39. The van der Waals surface area contributed by atoms with Gasteiger partial charge in [0.1, 0.15) is 0 Å². The Kier molecular flexibility index (Phi) is 4.41. The van der Waals surface area contributed by atoms with E-state index in [9.17, 15) is 0 Å². The van der Waals surface area contributed by atoms with E-state index in [2.05, 4.69) is 17.5 Å². The fourth-order valence-electron chi connectivity index (χ4n) is 1.32. The topological polar surface area (TPSA) is 12.0 Å². The van der Waals surface area contributed by atoms with Gasteiger partial charge < -0.3 is 5.32 Å². The van der Waals surface area contributed by atoms with E-state index in [4.69, 9.17) is 11.6 Å². The predicted octanol–water partition coefficient (Wildman–Crippen LogP) is 2.83. The van der Waals surface area contributed by atoms with E-state index in [1.54, 1.807) is 5.54 Å². The van der Waals surface area contributed by atoms with Crippen molar-refractivity contribution in [2.45, 2.75) is 32.2 Å². The highest BCUT2D eigenvalue weighted by atomic mass is 35.5. The van der Waals surface area contributed by atoms with Crippen LogP contribution in [0.1, 0.15) is 26.2 Å². The van der Waals surface area contributed by atoms with Gasteiger partial charge in [-0.1, -0.05) is 23.8 Å². The van der Waals surface area contributed by atoms with E-state index in [1.807, 2.05) is 6.92 Å². The molecular formula is C10H16ClN. The van der Waals surface area contributed by atoms with Crippen molar-refractivity contribution >= 4 is 11.6 Å². The summed E-state index contributed by atoms with van der Waals surface area (Å²) in [6, 6.07) is 0.654. The molecule has 1 atom stereocenters. The van der Waals surface area contributed by atoms with Crippen LogP contribution in [0.3, 0.4) is 0 Å². The minimum atomic E-state index is 0.654. The third-order valence-electron chi connectivity index (χ3n) is 2.12. The van der Waals surface area contributed by atoms with Gasteiger partial charge in [-0.3, -0.25) is 0 Å². The lowest BCUT2D eigenvalue weighted by molar-refractivity contribution is 0.494. The van der Waals surface area contributed by atoms with Gasteiger partial charge in [-0.05, 0) is 31.8 Å². The lowest BCUT2D eigenvalue weighted by atomic mass is 10.0. The van der Waals surface area contributed by atoms with E-state index in [0.29, 0.717) is 6.04 Å². The quantitative estimate of drug-likeness (QED) is 0.667. The summed E-state index contributed by atoms with van der Waals surface area (Å²) >= 11 is 5.55. The fourth-order valence-corrected chi connectivity index (χ4v) is 1.40. The third-order valence-corrected chi connectivity index (χ3v) is 2.50. The maximum Gasteiger partial charge on any atom is 0.0176 e. The number of hydrogen-bond donors (Lipinski definition) is 1. The molecule has 0 spiro atoms.